The van der Waals surface area contributed by atoms with Crippen LogP contribution in [0.25, 0.3) is 50.8 Å². The first kappa shape index (κ1) is 63.0. The van der Waals surface area contributed by atoms with Crippen LogP contribution in [0, 0.1) is 11.6 Å². The number of aldehydes is 1. The van der Waals surface area contributed by atoms with Crippen molar-refractivity contribution in [2.45, 2.75) is 169 Å². The summed E-state index contributed by atoms with van der Waals surface area (Å²) in [5.74, 6) is -1.43. The van der Waals surface area contributed by atoms with Gasteiger partial charge in [0.15, 0.2) is 12.1 Å². The lowest BCUT2D eigenvalue weighted by atomic mass is 9.87. The smallest absolute Gasteiger partial charge is 0.410 e. The quantitative estimate of drug-likeness (QED) is 0.0722. The standard InChI is InChI=1S/C39H49FN2O5Si.C29H33FN2O3Si/c1-25(2)36-33(18-17-30-22-31(21-26(3)43)47-39(4,5)46-30)35(27-13-15-29(40)16-14-27)34-24-42(38(44)45-19-20-48(6,7)8)23-28-11-9-10-12-32(28)37(34)41-36;1-19(2)27-25(18-33)26(20-10-12-22(30)13-11-20)24-17-32(29(34)35-14-15-36(3,4)5)16-21-8-6-7-9-23(21)28(24)31-27/h9-18,25,30-31H,19-24H2,1-8H3;6-13,18-19H,14-17H2,1-5H3/b18-17+;/t30-,31+;/m1./s1. The third-order valence-electron chi connectivity index (χ3n) is 15.2. The first-order valence-corrected chi connectivity index (χ1v) is 36.7. The molecule has 1 fully saturated rings. The molecule has 0 spiro atoms. The molecule has 2 atom stereocenters. The van der Waals surface area contributed by atoms with E-state index in [0.717, 1.165) is 85.5 Å². The van der Waals surface area contributed by atoms with Gasteiger partial charge in [-0.2, -0.15) is 0 Å². The first-order valence-electron chi connectivity index (χ1n) is 29.3. The summed E-state index contributed by atoms with van der Waals surface area (Å²) in [4.78, 5) is 65.1. The normalized spacial score (nSPS) is 16.6. The number of hydrogen-bond donors (Lipinski definition) is 0. The van der Waals surface area contributed by atoms with Gasteiger partial charge in [-0.15, -0.1) is 0 Å². The molecular weight excluding hydrogens is 1090 g/mol. The second kappa shape index (κ2) is 26.5. The molecule has 9 rings (SSSR count). The SMILES string of the molecule is CC(=O)C[C@H]1C[C@@H](/C=C/c2c(C(C)C)nc3c(c2-c2ccc(F)cc2)CN(C(=O)OCC[Si](C)(C)C)Cc2ccccc2-3)OC(C)(C)O1.CC(C)c1nc2c(c(-c3ccc(F)cc3)c1C=O)CN(C(=O)OCC[Si](C)(C)C)Cc1ccccc1-2. The van der Waals surface area contributed by atoms with Gasteiger partial charge in [0.05, 0.1) is 74.4 Å². The third kappa shape index (κ3) is 15.7. The number of carbonyl (C=O) groups is 4. The Morgan fingerprint density at radius 3 is 1.49 bits per heavy atom. The Labute approximate surface area is 497 Å². The molecule has 84 heavy (non-hydrogen) atoms. The van der Waals surface area contributed by atoms with E-state index in [-0.39, 0.29) is 66.7 Å². The van der Waals surface area contributed by atoms with Crippen molar-refractivity contribution in [1.29, 1.82) is 0 Å². The average molecular weight is 1180 g/mol. The van der Waals surface area contributed by atoms with Crippen molar-refractivity contribution in [2.24, 2.45) is 0 Å². The molecule has 0 bridgehead atoms. The lowest BCUT2D eigenvalue weighted by Gasteiger charge is -2.39. The number of nitrogens with zero attached hydrogens (tertiary/aromatic N) is 4. The predicted molar refractivity (Wildman–Crippen MR) is 334 cm³/mol. The van der Waals surface area contributed by atoms with Gasteiger partial charge in [0, 0.05) is 67.9 Å². The molecule has 0 unspecified atom stereocenters. The topological polar surface area (TPSA) is 137 Å². The minimum atomic E-state index is -1.41. The molecule has 2 amide bonds. The third-order valence-corrected chi connectivity index (χ3v) is 18.6. The lowest BCUT2D eigenvalue weighted by Crippen LogP contribution is -2.44. The Hall–Kier alpha value is -6.99. The van der Waals surface area contributed by atoms with E-state index in [1.54, 1.807) is 41.0 Å². The molecule has 3 aliphatic rings. The van der Waals surface area contributed by atoms with Crippen LogP contribution >= 0.6 is 0 Å². The van der Waals surface area contributed by atoms with Crippen LogP contribution in [0.5, 0.6) is 0 Å². The largest absolute Gasteiger partial charge is 0.450 e. The monoisotopic (exact) mass is 1180 g/mol. The molecule has 1 saturated heterocycles. The Morgan fingerprint density at radius 1 is 0.643 bits per heavy atom. The van der Waals surface area contributed by atoms with Crippen LogP contribution in [0.1, 0.15) is 123 Å². The Bertz CT molecular complexity index is 3410. The van der Waals surface area contributed by atoms with Crippen molar-refractivity contribution in [2.75, 3.05) is 13.2 Å². The number of fused-ring (bicyclic) bond motifs is 6. The van der Waals surface area contributed by atoms with Gasteiger partial charge in [0.2, 0.25) is 0 Å². The summed E-state index contributed by atoms with van der Waals surface area (Å²) >= 11 is 0. The fraction of sp³-hybridized carbons (Fsp3) is 0.412. The van der Waals surface area contributed by atoms with E-state index in [2.05, 4.69) is 59.2 Å². The zero-order valence-electron chi connectivity index (χ0n) is 51.2. The highest BCUT2D eigenvalue weighted by Gasteiger charge is 2.37. The average Bonchev–Trinajstić information content (AvgIpc) is 1.58. The maximum atomic E-state index is 14.3. The van der Waals surface area contributed by atoms with E-state index in [1.807, 2.05) is 82.3 Å². The van der Waals surface area contributed by atoms with Crippen LogP contribution in [-0.2, 0) is 49.9 Å². The zero-order valence-corrected chi connectivity index (χ0v) is 53.2. The summed E-state index contributed by atoms with van der Waals surface area (Å²) in [5.41, 5.74) is 13.1. The molecule has 2 aromatic heterocycles. The zero-order chi connectivity index (χ0) is 60.8. The number of halogens is 2. The van der Waals surface area contributed by atoms with Crippen LogP contribution in [0.2, 0.25) is 51.4 Å². The molecule has 12 nitrogen and oxygen atoms in total. The van der Waals surface area contributed by atoms with Gasteiger partial charge in [-0.1, -0.05) is 152 Å². The minimum absolute atomic E-state index is 0.00672. The number of rotatable bonds is 15. The number of ether oxygens (including phenoxy) is 4. The Morgan fingerprint density at radius 2 is 1.07 bits per heavy atom. The summed E-state index contributed by atoms with van der Waals surface area (Å²) in [5, 5.41) is 0. The molecule has 0 aliphatic carbocycles. The van der Waals surface area contributed by atoms with E-state index < -0.39 is 21.9 Å². The molecule has 5 heterocycles. The summed E-state index contributed by atoms with van der Waals surface area (Å²) in [6.07, 6.45) is 4.43. The highest BCUT2D eigenvalue weighted by Crippen LogP contribution is 2.44. The lowest BCUT2D eigenvalue weighted by molar-refractivity contribution is -0.289. The highest BCUT2D eigenvalue weighted by atomic mass is 28.3. The number of aromatic nitrogens is 2. The van der Waals surface area contributed by atoms with Gasteiger partial charge in [-0.3, -0.25) is 29.4 Å². The Balaban J connectivity index is 0.000000228. The number of Topliss-reactive ketones (excluding diaryl/α,β-unsaturated/α-hetero) is 1. The molecule has 0 saturated carbocycles. The second-order valence-electron chi connectivity index (χ2n) is 25.8. The number of carbonyl (C=O) groups excluding carboxylic acids is 4. The van der Waals surface area contributed by atoms with Gasteiger partial charge in [-0.25, -0.2) is 18.4 Å². The number of benzene rings is 4. The van der Waals surface area contributed by atoms with Crippen LogP contribution in [0.3, 0.4) is 0 Å². The maximum Gasteiger partial charge on any atom is 0.410 e. The molecule has 3 aliphatic heterocycles. The van der Waals surface area contributed by atoms with Gasteiger partial charge < -0.3 is 18.9 Å². The van der Waals surface area contributed by atoms with E-state index in [9.17, 15) is 28.0 Å². The molecule has 4 aromatic carbocycles. The van der Waals surface area contributed by atoms with Crippen molar-refractivity contribution in [3.8, 4) is 44.8 Å². The number of hydrogen-bond acceptors (Lipinski definition) is 10. The fourth-order valence-corrected chi connectivity index (χ4v) is 12.5. The molecule has 444 valence electrons. The summed E-state index contributed by atoms with van der Waals surface area (Å²) in [6, 6.07) is 30.4. The van der Waals surface area contributed by atoms with Crippen molar-refractivity contribution in [1.82, 2.24) is 19.8 Å². The second-order valence-corrected chi connectivity index (χ2v) is 37.1. The van der Waals surface area contributed by atoms with Crippen LogP contribution in [-0.4, -0.2) is 91.4 Å². The van der Waals surface area contributed by atoms with E-state index in [1.165, 1.54) is 24.3 Å². The molecule has 6 aromatic rings. The Kier molecular flexibility index (Phi) is 19.9. The summed E-state index contributed by atoms with van der Waals surface area (Å²) < 4.78 is 52.1. The van der Waals surface area contributed by atoms with Crippen LogP contribution in [0.15, 0.2) is 103 Å². The predicted octanol–water partition coefficient (Wildman–Crippen LogP) is 16.7. The fourth-order valence-electron chi connectivity index (χ4n) is 11.1. The first-order chi connectivity index (χ1) is 39.7. The number of pyridine rings is 2. The van der Waals surface area contributed by atoms with Gasteiger partial charge >= 0.3 is 12.2 Å². The van der Waals surface area contributed by atoms with Crippen molar-refractivity contribution < 1.29 is 46.9 Å². The van der Waals surface area contributed by atoms with Crippen LogP contribution < -0.4 is 0 Å². The van der Waals surface area contributed by atoms with E-state index in [0.29, 0.717) is 61.5 Å². The number of ketones is 1. The number of amides is 2. The van der Waals surface area contributed by atoms with Gasteiger partial charge in [0.25, 0.3) is 0 Å². The minimum Gasteiger partial charge on any atom is -0.450 e. The van der Waals surface area contributed by atoms with Crippen LogP contribution in [0.4, 0.5) is 18.4 Å². The molecular formula is C68H82F2N4O8Si2. The van der Waals surface area contributed by atoms with Crippen molar-refractivity contribution in [3.63, 3.8) is 0 Å². The van der Waals surface area contributed by atoms with Crippen molar-refractivity contribution in [3.05, 3.63) is 160 Å². The molecule has 0 radical (unpaired) electrons. The molecule has 16 heteroatoms. The van der Waals surface area contributed by atoms with Gasteiger partial charge in [-0.05, 0) is 96.8 Å². The summed E-state index contributed by atoms with van der Waals surface area (Å²) in [6.45, 7) is 29.1. The molecule has 0 N–H and O–H groups in total. The highest BCUT2D eigenvalue weighted by molar-refractivity contribution is 6.76. The van der Waals surface area contributed by atoms with Crippen molar-refractivity contribution >= 4 is 46.5 Å². The van der Waals surface area contributed by atoms with Gasteiger partial charge in [0.1, 0.15) is 17.4 Å². The van der Waals surface area contributed by atoms with E-state index >= 15 is 0 Å². The summed E-state index contributed by atoms with van der Waals surface area (Å²) in [7, 11) is -2.77. The van der Waals surface area contributed by atoms with E-state index in [4.69, 9.17) is 28.9 Å². The maximum absolute atomic E-state index is 14.3.